The average molecular weight is 320 g/mol. The number of methoxy groups -OCH3 is 1. The van der Waals surface area contributed by atoms with Gasteiger partial charge in [0, 0.05) is 24.5 Å². The number of rotatable bonds is 2. The Morgan fingerprint density at radius 1 is 1.45 bits per heavy atom. The maximum atomic E-state index is 11.6. The zero-order valence-electron chi connectivity index (χ0n) is 12.4. The van der Waals surface area contributed by atoms with Crippen molar-refractivity contribution in [2.24, 2.45) is 0 Å². The molecule has 0 radical (unpaired) electrons. The summed E-state index contributed by atoms with van der Waals surface area (Å²) in [6.07, 6.45) is 1.64. The molecule has 22 heavy (non-hydrogen) atoms. The minimum Gasteiger partial charge on any atom is -0.453 e. The summed E-state index contributed by atoms with van der Waals surface area (Å²) >= 11 is 6.25. The summed E-state index contributed by atoms with van der Waals surface area (Å²) in [6, 6.07) is 10.0. The summed E-state index contributed by atoms with van der Waals surface area (Å²) in [4.78, 5) is 17.8. The van der Waals surface area contributed by atoms with Gasteiger partial charge in [-0.25, -0.2) is 9.78 Å². The molecule has 5 nitrogen and oxygen atoms in total. The van der Waals surface area contributed by atoms with Crippen molar-refractivity contribution in [2.45, 2.75) is 18.9 Å². The Bertz CT molecular complexity index is 692. The molecule has 0 aliphatic carbocycles. The first kappa shape index (κ1) is 14.9. The number of likely N-dealkylation sites (tertiary alicyclic amines) is 1. The van der Waals surface area contributed by atoms with Crippen LogP contribution in [-0.4, -0.2) is 42.2 Å². The maximum absolute atomic E-state index is 11.6. The van der Waals surface area contributed by atoms with Gasteiger partial charge in [0.25, 0.3) is 0 Å². The van der Waals surface area contributed by atoms with Crippen molar-refractivity contribution < 1.29 is 9.53 Å². The number of piperidine rings is 1. The molecule has 2 aromatic rings. The van der Waals surface area contributed by atoms with Crippen LogP contribution in [0.3, 0.4) is 0 Å². The molecule has 6 heteroatoms. The molecule has 1 unspecified atom stereocenters. The molecule has 2 heterocycles. The van der Waals surface area contributed by atoms with Crippen molar-refractivity contribution in [3.63, 3.8) is 0 Å². The average Bonchev–Trinajstić information content (AvgIpc) is 2.54. The Morgan fingerprint density at radius 3 is 3.09 bits per heavy atom. The molecule has 116 valence electrons. The molecule has 1 atom stereocenters. The second-order valence-electron chi connectivity index (χ2n) is 5.42. The van der Waals surface area contributed by atoms with Gasteiger partial charge in [-0.15, -0.1) is 0 Å². The molecule has 3 rings (SSSR count). The second kappa shape index (κ2) is 6.40. The van der Waals surface area contributed by atoms with Crippen molar-refractivity contribution in [3.8, 4) is 0 Å². The summed E-state index contributed by atoms with van der Waals surface area (Å²) in [5.74, 6) is 0.736. The molecule has 0 spiro atoms. The molecular weight excluding hydrogens is 302 g/mol. The fourth-order valence-corrected chi connectivity index (χ4v) is 3.09. The number of nitrogens with zero attached hydrogens (tertiary/aromatic N) is 2. The molecule has 1 aromatic carbocycles. The first-order valence-corrected chi connectivity index (χ1v) is 7.70. The van der Waals surface area contributed by atoms with Crippen LogP contribution in [0.5, 0.6) is 0 Å². The van der Waals surface area contributed by atoms with Gasteiger partial charge in [-0.05, 0) is 24.3 Å². The monoisotopic (exact) mass is 319 g/mol. The molecule has 1 fully saturated rings. The number of carbonyl (C=O) groups is 1. The predicted molar refractivity (Wildman–Crippen MR) is 87.4 cm³/mol. The number of aromatic nitrogens is 1. The maximum Gasteiger partial charge on any atom is 0.409 e. The number of pyridine rings is 1. The van der Waals surface area contributed by atoms with E-state index in [-0.39, 0.29) is 12.1 Å². The van der Waals surface area contributed by atoms with E-state index in [2.05, 4.69) is 10.3 Å². The van der Waals surface area contributed by atoms with Crippen LogP contribution in [-0.2, 0) is 4.74 Å². The number of hydrogen-bond donors (Lipinski definition) is 1. The number of nitrogens with one attached hydrogen (secondary N) is 1. The summed E-state index contributed by atoms with van der Waals surface area (Å²) in [7, 11) is 1.41. The van der Waals surface area contributed by atoms with Crippen LogP contribution in [0.4, 0.5) is 10.6 Å². The van der Waals surface area contributed by atoms with E-state index in [1.807, 2.05) is 30.3 Å². The zero-order valence-corrected chi connectivity index (χ0v) is 13.1. The minimum atomic E-state index is -0.281. The van der Waals surface area contributed by atoms with Crippen molar-refractivity contribution in [3.05, 3.63) is 35.5 Å². The van der Waals surface area contributed by atoms with Crippen LogP contribution in [0, 0.1) is 0 Å². The van der Waals surface area contributed by atoms with E-state index in [1.165, 1.54) is 7.11 Å². The van der Waals surface area contributed by atoms with Gasteiger partial charge in [0.2, 0.25) is 0 Å². The molecular formula is C16H18ClN3O2. The van der Waals surface area contributed by atoms with Crippen molar-refractivity contribution >= 4 is 34.3 Å². The SMILES string of the molecule is COC(=O)N1CCCC(Nc2cc3ccccc3c(Cl)n2)C1. The Hall–Kier alpha value is -2.01. The first-order valence-electron chi connectivity index (χ1n) is 7.32. The topological polar surface area (TPSA) is 54.5 Å². The van der Waals surface area contributed by atoms with E-state index < -0.39 is 0 Å². The number of carbonyl (C=O) groups excluding carboxylic acids is 1. The van der Waals surface area contributed by atoms with Crippen LogP contribution in [0.1, 0.15) is 12.8 Å². The smallest absolute Gasteiger partial charge is 0.409 e. The molecule has 1 N–H and O–H groups in total. The number of halogens is 1. The molecule has 0 bridgehead atoms. The van der Waals surface area contributed by atoms with Gasteiger partial charge < -0.3 is 15.0 Å². The summed E-state index contributed by atoms with van der Waals surface area (Å²) < 4.78 is 4.79. The molecule has 1 aliphatic heterocycles. The Kier molecular flexibility index (Phi) is 4.34. The van der Waals surface area contributed by atoms with Gasteiger partial charge >= 0.3 is 6.09 Å². The van der Waals surface area contributed by atoms with Crippen LogP contribution >= 0.6 is 11.6 Å². The molecule has 1 aliphatic rings. The first-order chi connectivity index (χ1) is 10.7. The van der Waals surface area contributed by atoms with Crippen molar-refractivity contribution in [1.29, 1.82) is 0 Å². The number of fused-ring (bicyclic) bond motifs is 1. The second-order valence-corrected chi connectivity index (χ2v) is 5.78. The van der Waals surface area contributed by atoms with E-state index in [0.29, 0.717) is 11.7 Å². The standard InChI is InChI=1S/C16H18ClN3O2/c1-22-16(21)20-8-4-6-12(10-20)18-14-9-11-5-2-3-7-13(11)15(17)19-14/h2-3,5,7,9,12H,4,6,8,10H2,1H3,(H,18,19). The zero-order chi connectivity index (χ0) is 15.5. The largest absolute Gasteiger partial charge is 0.453 e. The lowest BCUT2D eigenvalue weighted by atomic mass is 10.1. The normalized spacial score (nSPS) is 18.3. The highest BCUT2D eigenvalue weighted by molar-refractivity contribution is 6.34. The lowest BCUT2D eigenvalue weighted by Gasteiger charge is -2.32. The Morgan fingerprint density at radius 2 is 2.27 bits per heavy atom. The van der Waals surface area contributed by atoms with Crippen LogP contribution < -0.4 is 5.32 Å². The minimum absolute atomic E-state index is 0.151. The summed E-state index contributed by atoms with van der Waals surface area (Å²) in [5, 5.41) is 5.85. The highest BCUT2D eigenvalue weighted by Crippen LogP contribution is 2.25. The molecule has 1 amide bonds. The van der Waals surface area contributed by atoms with Gasteiger partial charge in [0.05, 0.1) is 7.11 Å². The third kappa shape index (κ3) is 3.09. The quantitative estimate of drug-likeness (QED) is 0.860. The van der Waals surface area contributed by atoms with Gasteiger partial charge in [0.1, 0.15) is 11.0 Å². The Balaban J connectivity index is 1.76. The van der Waals surface area contributed by atoms with Crippen LogP contribution in [0.25, 0.3) is 10.8 Å². The third-order valence-corrected chi connectivity index (χ3v) is 4.19. The van der Waals surface area contributed by atoms with Gasteiger partial charge in [-0.2, -0.15) is 0 Å². The van der Waals surface area contributed by atoms with Gasteiger partial charge in [0.15, 0.2) is 0 Å². The van der Waals surface area contributed by atoms with E-state index in [9.17, 15) is 4.79 Å². The van der Waals surface area contributed by atoms with E-state index in [0.717, 1.165) is 36.0 Å². The highest BCUT2D eigenvalue weighted by atomic mass is 35.5. The number of anilines is 1. The number of benzene rings is 1. The highest BCUT2D eigenvalue weighted by Gasteiger charge is 2.24. The van der Waals surface area contributed by atoms with Crippen LogP contribution in [0.2, 0.25) is 5.15 Å². The van der Waals surface area contributed by atoms with Crippen molar-refractivity contribution in [1.82, 2.24) is 9.88 Å². The lowest BCUT2D eigenvalue weighted by molar-refractivity contribution is 0.113. The molecule has 0 saturated carbocycles. The van der Waals surface area contributed by atoms with Crippen molar-refractivity contribution in [2.75, 3.05) is 25.5 Å². The summed E-state index contributed by atoms with van der Waals surface area (Å²) in [6.45, 7) is 1.34. The lowest BCUT2D eigenvalue weighted by Crippen LogP contribution is -2.45. The fraction of sp³-hybridized carbons (Fsp3) is 0.375. The fourth-order valence-electron chi connectivity index (χ4n) is 2.83. The predicted octanol–water partition coefficient (Wildman–Crippen LogP) is 3.53. The number of ether oxygens (including phenoxy) is 1. The Labute approximate surface area is 134 Å². The summed E-state index contributed by atoms with van der Waals surface area (Å²) in [5.41, 5.74) is 0. The molecule has 1 saturated heterocycles. The third-order valence-electron chi connectivity index (χ3n) is 3.90. The van der Waals surface area contributed by atoms with E-state index >= 15 is 0 Å². The van der Waals surface area contributed by atoms with E-state index in [4.69, 9.17) is 16.3 Å². The number of hydrogen-bond acceptors (Lipinski definition) is 4. The molecule has 1 aromatic heterocycles. The van der Waals surface area contributed by atoms with Gasteiger partial charge in [-0.1, -0.05) is 35.9 Å². The number of amides is 1. The van der Waals surface area contributed by atoms with E-state index in [1.54, 1.807) is 4.90 Å². The van der Waals surface area contributed by atoms with Gasteiger partial charge in [-0.3, -0.25) is 0 Å². The van der Waals surface area contributed by atoms with Crippen LogP contribution in [0.15, 0.2) is 30.3 Å².